The fourth-order valence-electron chi connectivity index (χ4n) is 5.99. The Morgan fingerprint density at radius 1 is 0.972 bits per heavy atom. The van der Waals surface area contributed by atoms with Gasteiger partial charge in [-0.2, -0.15) is 9.61 Å². The van der Waals surface area contributed by atoms with Crippen LogP contribution in [0.15, 0.2) is 72.9 Å². The van der Waals surface area contributed by atoms with Crippen LogP contribution in [0.1, 0.15) is 56.2 Å². The van der Waals surface area contributed by atoms with Crippen molar-refractivity contribution in [2.45, 2.75) is 56.1 Å². The number of benzene rings is 2. The zero-order chi connectivity index (χ0) is 24.5. The number of hydrogen-bond donors (Lipinski definition) is 2. The van der Waals surface area contributed by atoms with Crippen molar-refractivity contribution >= 4 is 16.7 Å². The Hall–Kier alpha value is -3.61. The van der Waals surface area contributed by atoms with Crippen LogP contribution in [0, 0.1) is 0 Å². The first-order valence-corrected chi connectivity index (χ1v) is 12.8. The van der Waals surface area contributed by atoms with Gasteiger partial charge in [-0.15, -0.1) is 0 Å². The van der Waals surface area contributed by atoms with E-state index in [0.29, 0.717) is 18.8 Å². The van der Waals surface area contributed by atoms with Gasteiger partial charge in [-0.25, -0.2) is 9.97 Å². The number of hydrogen-bond acceptors (Lipinski definition) is 5. The molecule has 3 aromatic heterocycles. The minimum Gasteiger partial charge on any atom is -0.390 e. The third-order valence-electron chi connectivity index (χ3n) is 8.01. The van der Waals surface area contributed by atoms with Crippen molar-refractivity contribution in [3.05, 3.63) is 84.2 Å². The van der Waals surface area contributed by atoms with Crippen molar-refractivity contribution in [3.8, 4) is 22.4 Å². The standard InChI is InChI=1S/C30H29N5O/c1-29(36)17-30(31,18-29)23-12-10-21(11-13-23)27-24(19-6-3-2-4-7-19)14-22-16-32-26-15-25(20-8-5-9-20)34-35(26)28(22)33-27/h2-4,6-7,10-16,20,36H,5,8-9,17-18,31H2,1H3/t29-,30-. The molecule has 0 aliphatic heterocycles. The molecule has 0 unspecified atom stereocenters. The van der Waals surface area contributed by atoms with Crippen molar-refractivity contribution in [2.75, 3.05) is 0 Å². The number of fused-ring (bicyclic) bond motifs is 3. The van der Waals surface area contributed by atoms with E-state index in [4.69, 9.17) is 20.8 Å². The third kappa shape index (κ3) is 3.44. The second-order valence-electron chi connectivity index (χ2n) is 11.0. The molecule has 2 saturated carbocycles. The molecule has 2 fully saturated rings. The molecule has 2 aliphatic carbocycles. The van der Waals surface area contributed by atoms with Crippen LogP contribution in [0.3, 0.4) is 0 Å². The number of nitrogens with two attached hydrogens (primary N) is 1. The predicted octanol–water partition coefficient (Wildman–Crippen LogP) is 5.58. The summed E-state index contributed by atoms with van der Waals surface area (Å²) >= 11 is 0. The van der Waals surface area contributed by atoms with Crippen LogP contribution in [0.2, 0.25) is 0 Å². The molecule has 2 aliphatic rings. The normalized spacial score (nSPS) is 24.1. The van der Waals surface area contributed by atoms with E-state index in [1.54, 1.807) is 0 Å². The van der Waals surface area contributed by atoms with Gasteiger partial charge in [0, 0.05) is 40.2 Å². The molecule has 2 aromatic carbocycles. The highest BCUT2D eigenvalue weighted by molar-refractivity contribution is 5.90. The smallest absolute Gasteiger partial charge is 0.165 e. The Bertz CT molecular complexity index is 1590. The second-order valence-corrected chi connectivity index (χ2v) is 11.0. The maximum atomic E-state index is 10.2. The highest BCUT2D eigenvalue weighted by Crippen LogP contribution is 2.46. The first-order chi connectivity index (χ1) is 17.4. The quantitative estimate of drug-likeness (QED) is 0.354. The molecule has 180 valence electrons. The number of pyridine rings is 1. The predicted molar refractivity (Wildman–Crippen MR) is 141 cm³/mol. The lowest BCUT2D eigenvalue weighted by Crippen LogP contribution is -2.58. The average Bonchev–Trinajstić information content (AvgIpc) is 3.25. The van der Waals surface area contributed by atoms with Gasteiger partial charge in [-0.05, 0) is 49.8 Å². The van der Waals surface area contributed by atoms with Gasteiger partial charge in [0.2, 0.25) is 0 Å². The van der Waals surface area contributed by atoms with Gasteiger partial charge in [-0.1, -0.05) is 61.0 Å². The maximum Gasteiger partial charge on any atom is 0.165 e. The number of rotatable bonds is 4. The summed E-state index contributed by atoms with van der Waals surface area (Å²) in [5.74, 6) is 0.535. The first-order valence-electron chi connectivity index (χ1n) is 12.8. The SMILES string of the molecule is C[C@]1(O)C[C@@](N)(c2ccc(-c3nc4c(cnc5cc(C6CCC6)nn54)cc3-c3ccccc3)cc2)C1. The maximum absolute atomic E-state index is 10.2. The molecule has 36 heavy (non-hydrogen) atoms. The van der Waals surface area contributed by atoms with E-state index in [9.17, 15) is 5.11 Å². The number of nitrogens with zero attached hydrogens (tertiary/aromatic N) is 4. The summed E-state index contributed by atoms with van der Waals surface area (Å²) in [6, 6.07) is 23.0. The molecule has 0 bridgehead atoms. The Morgan fingerprint density at radius 2 is 1.72 bits per heavy atom. The van der Waals surface area contributed by atoms with Crippen LogP contribution in [0.5, 0.6) is 0 Å². The van der Waals surface area contributed by atoms with Crippen molar-refractivity contribution < 1.29 is 5.11 Å². The zero-order valence-electron chi connectivity index (χ0n) is 20.4. The highest BCUT2D eigenvalue weighted by atomic mass is 16.3. The number of aliphatic hydroxyl groups is 1. The van der Waals surface area contributed by atoms with E-state index in [0.717, 1.165) is 50.3 Å². The van der Waals surface area contributed by atoms with Gasteiger partial charge in [0.05, 0.1) is 17.0 Å². The zero-order valence-corrected chi connectivity index (χ0v) is 20.4. The van der Waals surface area contributed by atoms with E-state index >= 15 is 0 Å². The molecule has 0 amide bonds. The monoisotopic (exact) mass is 475 g/mol. The molecule has 0 atom stereocenters. The van der Waals surface area contributed by atoms with Gasteiger partial charge in [0.1, 0.15) is 0 Å². The molecular formula is C30H29N5O. The molecule has 3 heterocycles. The lowest BCUT2D eigenvalue weighted by Gasteiger charge is -2.49. The molecule has 0 saturated heterocycles. The largest absolute Gasteiger partial charge is 0.390 e. The van der Waals surface area contributed by atoms with Gasteiger partial charge in [0.15, 0.2) is 11.3 Å². The van der Waals surface area contributed by atoms with Crippen molar-refractivity contribution in [1.82, 2.24) is 19.6 Å². The van der Waals surface area contributed by atoms with Gasteiger partial charge < -0.3 is 10.8 Å². The first kappa shape index (κ1) is 21.7. The molecule has 0 spiro atoms. The molecule has 5 aromatic rings. The van der Waals surface area contributed by atoms with E-state index in [-0.39, 0.29) is 0 Å². The third-order valence-corrected chi connectivity index (χ3v) is 8.01. The Labute approximate surface area is 209 Å². The Kier molecular flexibility index (Phi) is 4.63. The fraction of sp³-hybridized carbons (Fsp3) is 0.300. The summed E-state index contributed by atoms with van der Waals surface area (Å²) in [6.45, 7) is 1.85. The summed E-state index contributed by atoms with van der Waals surface area (Å²) in [5.41, 5.74) is 13.3. The topological polar surface area (TPSA) is 89.3 Å². The lowest BCUT2D eigenvalue weighted by molar-refractivity contribution is -0.0738. The summed E-state index contributed by atoms with van der Waals surface area (Å²) in [4.78, 5) is 9.91. The summed E-state index contributed by atoms with van der Waals surface area (Å²) in [5, 5.41) is 16.1. The Balaban J connectivity index is 1.38. The van der Waals surface area contributed by atoms with E-state index in [1.165, 1.54) is 19.3 Å². The van der Waals surface area contributed by atoms with Gasteiger partial charge in [-0.3, -0.25) is 0 Å². The van der Waals surface area contributed by atoms with Gasteiger partial charge >= 0.3 is 0 Å². The van der Waals surface area contributed by atoms with Gasteiger partial charge in [0.25, 0.3) is 0 Å². The van der Waals surface area contributed by atoms with Crippen LogP contribution < -0.4 is 5.73 Å². The molecule has 3 N–H and O–H groups in total. The minimum absolute atomic E-state index is 0.480. The Morgan fingerprint density at radius 3 is 2.39 bits per heavy atom. The summed E-state index contributed by atoms with van der Waals surface area (Å²) in [6.07, 6.45) is 6.70. The molecular weight excluding hydrogens is 446 g/mol. The molecule has 6 heteroatoms. The highest BCUT2D eigenvalue weighted by Gasteiger charge is 2.49. The molecule has 6 nitrogen and oxygen atoms in total. The van der Waals surface area contributed by atoms with Crippen molar-refractivity contribution in [3.63, 3.8) is 0 Å². The van der Waals surface area contributed by atoms with E-state index < -0.39 is 11.1 Å². The lowest BCUT2D eigenvalue weighted by atomic mass is 9.63. The van der Waals surface area contributed by atoms with Crippen LogP contribution in [-0.4, -0.2) is 30.3 Å². The van der Waals surface area contributed by atoms with Crippen LogP contribution >= 0.6 is 0 Å². The van der Waals surface area contributed by atoms with Crippen molar-refractivity contribution in [1.29, 1.82) is 0 Å². The van der Waals surface area contributed by atoms with Crippen LogP contribution in [-0.2, 0) is 5.54 Å². The summed E-state index contributed by atoms with van der Waals surface area (Å²) in [7, 11) is 0. The molecule has 0 radical (unpaired) electrons. The number of aromatic nitrogens is 4. The van der Waals surface area contributed by atoms with Crippen LogP contribution in [0.4, 0.5) is 0 Å². The van der Waals surface area contributed by atoms with Crippen molar-refractivity contribution in [2.24, 2.45) is 5.73 Å². The average molecular weight is 476 g/mol. The fourth-order valence-corrected chi connectivity index (χ4v) is 5.99. The van der Waals surface area contributed by atoms with E-state index in [2.05, 4.69) is 48.5 Å². The molecule has 7 rings (SSSR count). The summed E-state index contributed by atoms with van der Waals surface area (Å²) < 4.78 is 1.90. The van der Waals surface area contributed by atoms with Crippen LogP contribution in [0.25, 0.3) is 39.1 Å². The minimum atomic E-state index is -0.685. The van der Waals surface area contributed by atoms with E-state index in [1.807, 2.05) is 35.8 Å². The second kappa shape index (κ2) is 7.69.